The Hall–Kier alpha value is -2.60. The number of carboxylic acid groups (broad SMARTS) is 2. The number of fused-ring (bicyclic) bond motifs is 1. The minimum absolute atomic E-state index is 0.558. The fourth-order valence-corrected chi connectivity index (χ4v) is 3.44. The summed E-state index contributed by atoms with van der Waals surface area (Å²) in [7, 11) is 0. The number of likely N-dealkylation sites (tertiary alicyclic amines) is 1. The average Bonchev–Trinajstić information content (AvgIpc) is 3.10. The summed E-state index contributed by atoms with van der Waals surface area (Å²) in [6, 6.07) is 8.90. The molecule has 1 aromatic heterocycles. The number of aromatic amines is 1. The predicted octanol–water partition coefficient (Wildman–Crippen LogP) is 3.47. The molecule has 6 heteroatoms. The third-order valence-electron chi connectivity index (χ3n) is 4.48. The number of nitrogens with one attached hydrogen (secondary N) is 1. The van der Waals surface area contributed by atoms with Gasteiger partial charge in [-0.3, -0.25) is 0 Å². The summed E-state index contributed by atoms with van der Waals surface area (Å²) < 4.78 is 0. The number of aromatic nitrogens is 1. The van der Waals surface area contributed by atoms with Gasteiger partial charge in [0.1, 0.15) is 0 Å². The Morgan fingerprint density at radius 1 is 1.23 bits per heavy atom. The number of nitrogens with zero attached hydrogens (tertiary/aromatic N) is 1. The van der Waals surface area contributed by atoms with Crippen molar-refractivity contribution in [3.63, 3.8) is 0 Å². The molecule has 2 heterocycles. The molecule has 0 bridgehead atoms. The van der Waals surface area contributed by atoms with Crippen molar-refractivity contribution in [1.29, 1.82) is 0 Å². The second-order valence-corrected chi connectivity index (χ2v) is 6.44. The first-order valence-electron chi connectivity index (χ1n) is 8.93. The van der Waals surface area contributed by atoms with E-state index in [9.17, 15) is 9.59 Å². The largest absolute Gasteiger partial charge is 0.478 e. The van der Waals surface area contributed by atoms with Gasteiger partial charge >= 0.3 is 11.9 Å². The van der Waals surface area contributed by atoms with Crippen LogP contribution in [-0.2, 0) is 9.59 Å². The molecule has 0 amide bonds. The lowest BCUT2D eigenvalue weighted by Gasteiger charge is -2.33. The number of carboxylic acids is 2. The van der Waals surface area contributed by atoms with E-state index in [4.69, 9.17) is 10.2 Å². The third kappa shape index (κ3) is 5.74. The van der Waals surface area contributed by atoms with Crippen LogP contribution in [0.5, 0.6) is 0 Å². The van der Waals surface area contributed by atoms with E-state index in [0.717, 1.165) is 0 Å². The minimum Gasteiger partial charge on any atom is -0.478 e. The Bertz CT molecular complexity index is 748. The molecule has 1 saturated heterocycles. The predicted molar refractivity (Wildman–Crippen MR) is 101 cm³/mol. The van der Waals surface area contributed by atoms with E-state index >= 15 is 0 Å². The topological polar surface area (TPSA) is 93.6 Å². The number of aliphatic carboxylic acids is 2. The number of benzene rings is 1. The van der Waals surface area contributed by atoms with Gasteiger partial charge in [-0.25, -0.2) is 9.59 Å². The molecule has 6 nitrogen and oxygen atoms in total. The third-order valence-corrected chi connectivity index (χ3v) is 4.48. The van der Waals surface area contributed by atoms with Gasteiger partial charge in [0.05, 0.1) is 0 Å². The minimum atomic E-state index is -1.26. The van der Waals surface area contributed by atoms with Crippen LogP contribution in [0.2, 0.25) is 0 Å². The molecule has 140 valence electrons. The summed E-state index contributed by atoms with van der Waals surface area (Å²) in [4.78, 5) is 25.1. The fraction of sp³-hybridized carbons (Fsp3) is 0.400. The van der Waals surface area contributed by atoms with Gasteiger partial charge in [-0.15, -0.1) is 0 Å². The van der Waals surface area contributed by atoms with Crippen molar-refractivity contribution in [2.75, 3.05) is 19.6 Å². The lowest BCUT2D eigenvalue weighted by atomic mass is 9.88. The summed E-state index contributed by atoms with van der Waals surface area (Å²) in [6.07, 6.45) is 7.11. The van der Waals surface area contributed by atoms with E-state index in [0.29, 0.717) is 18.1 Å². The van der Waals surface area contributed by atoms with Gasteiger partial charge in [-0.05, 0) is 56.0 Å². The highest BCUT2D eigenvalue weighted by atomic mass is 16.4. The summed E-state index contributed by atoms with van der Waals surface area (Å²) in [5, 5.41) is 17.0. The Labute approximate surface area is 153 Å². The van der Waals surface area contributed by atoms with Gasteiger partial charge in [0.25, 0.3) is 0 Å². The molecular weight excluding hydrogens is 332 g/mol. The molecule has 0 radical (unpaired) electrons. The van der Waals surface area contributed by atoms with Crippen LogP contribution < -0.4 is 0 Å². The quantitative estimate of drug-likeness (QED) is 0.712. The van der Waals surface area contributed by atoms with Crippen molar-refractivity contribution in [2.24, 2.45) is 0 Å². The summed E-state index contributed by atoms with van der Waals surface area (Å²) >= 11 is 0. The van der Waals surface area contributed by atoms with E-state index in [1.807, 2.05) is 0 Å². The highest BCUT2D eigenvalue weighted by molar-refractivity contribution is 5.89. The second kappa shape index (κ2) is 9.77. The van der Waals surface area contributed by atoms with Gasteiger partial charge in [-0.2, -0.15) is 0 Å². The first-order valence-corrected chi connectivity index (χ1v) is 8.93. The average molecular weight is 358 g/mol. The molecule has 0 saturated carbocycles. The summed E-state index contributed by atoms with van der Waals surface area (Å²) in [5.41, 5.74) is 2.81. The molecule has 1 unspecified atom stereocenters. The zero-order valence-corrected chi connectivity index (χ0v) is 15.0. The van der Waals surface area contributed by atoms with Crippen LogP contribution in [-0.4, -0.2) is 51.7 Å². The monoisotopic (exact) mass is 358 g/mol. The first kappa shape index (κ1) is 19.7. The van der Waals surface area contributed by atoms with E-state index < -0.39 is 11.9 Å². The van der Waals surface area contributed by atoms with Crippen molar-refractivity contribution in [1.82, 2.24) is 9.88 Å². The molecule has 26 heavy (non-hydrogen) atoms. The highest BCUT2D eigenvalue weighted by Gasteiger charge is 2.22. The molecule has 1 aromatic carbocycles. The number of rotatable bonds is 5. The van der Waals surface area contributed by atoms with Crippen molar-refractivity contribution in [3.8, 4) is 0 Å². The van der Waals surface area contributed by atoms with Gasteiger partial charge in [-0.1, -0.05) is 19.1 Å². The zero-order valence-electron chi connectivity index (χ0n) is 15.0. The van der Waals surface area contributed by atoms with E-state index in [2.05, 4.69) is 47.3 Å². The molecule has 0 aliphatic carbocycles. The molecular formula is C20H26N2O4. The lowest BCUT2D eigenvalue weighted by molar-refractivity contribution is -0.134. The lowest BCUT2D eigenvalue weighted by Crippen LogP contribution is -2.34. The number of hydrogen-bond acceptors (Lipinski definition) is 3. The summed E-state index contributed by atoms with van der Waals surface area (Å²) in [5.74, 6) is -1.80. The van der Waals surface area contributed by atoms with Crippen molar-refractivity contribution >= 4 is 22.8 Å². The van der Waals surface area contributed by atoms with Crippen LogP contribution >= 0.6 is 0 Å². The molecule has 1 atom stereocenters. The van der Waals surface area contributed by atoms with Gasteiger partial charge in [0.15, 0.2) is 0 Å². The molecule has 3 N–H and O–H groups in total. The van der Waals surface area contributed by atoms with Gasteiger partial charge in [0.2, 0.25) is 0 Å². The van der Waals surface area contributed by atoms with E-state index in [1.165, 1.54) is 55.4 Å². The second-order valence-electron chi connectivity index (χ2n) is 6.44. The number of H-pyrrole nitrogens is 1. The van der Waals surface area contributed by atoms with Crippen molar-refractivity contribution in [3.05, 3.63) is 48.2 Å². The van der Waals surface area contributed by atoms with Crippen LogP contribution in [0.25, 0.3) is 10.9 Å². The van der Waals surface area contributed by atoms with E-state index in [-0.39, 0.29) is 0 Å². The van der Waals surface area contributed by atoms with Crippen LogP contribution in [0.4, 0.5) is 0 Å². The smallest absolute Gasteiger partial charge is 0.328 e. The SMILES string of the molecule is CCCN1CCCC(c2cccc3[nH]ccc23)C1.O=C(O)/C=C\C(=O)O. The molecule has 2 aromatic rings. The molecule has 1 aliphatic heterocycles. The Balaban J connectivity index is 0.000000260. The number of piperidine rings is 1. The Morgan fingerprint density at radius 3 is 2.62 bits per heavy atom. The van der Waals surface area contributed by atoms with E-state index in [1.54, 1.807) is 0 Å². The molecule has 1 aliphatic rings. The summed E-state index contributed by atoms with van der Waals surface area (Å²) in [6.45, 7) is 6.04. The van der Waals surface area contributed by atoms with Gasteiger partial charge in [0, 0.05) is 35.8 Å². The molecule has 3 rings (SSSR count). The molecule has 1 fully saturated rings. The highest BCUT2D eigenvalue weighted by Crippen LogP contribution is 2.31. The maximum atomic E-state index is 9.55. The fourth-order valence-electron chi connectivity index (χ4n) is 3.44. The Morgan fingerprint density at radius 2 is 1.96 bits per heavy atom. The van der Waals surface area contributed by atoms with Crippen LogP contribution in [0.1, 0.15) is 37.7 Å². The number of hydrogen-bond donors (Lipinski definition) is 3. The van der Waals surface area contributed by atoms with Crippen molar-refractivity contribution in [2.45, 2.75) is 32.1 Å². The zero-order chi connectivity index (χ0) is 18.9. The first-order chi connectivity index (χ1) is 12.5. The Kier molecular flexibility index (Phi) is 7.41. The standard InChI is InChI=1S/C16H22N2.C4H4O4/c1-2-10-18-11-4-5-13(12-18)14-6-3-7-16-15(14)8-9-17-16;5-3(6)1-2-4(7)8/h3,6-9,13,17H,2,4-5,10-12H2,1H3;1-2H,(H,5,6)(H,7,8)/b;2-1-. The van der Waals surface area contributed by atoms with Gasteiger partial charge < -0.3 is 20.1 Å². The van der Waals surface area contributed by atoms with Crippen LogP contribution in [0.15, 0.2) is 42.6 Å². The van der Waals surface area contributed by atoms with Crippen LogP contribution in [0, 0.1) is 0 Å². The van der Waals surface area contributed by atoms with Crippen LogP contribution in [0.3, 0.4) is 0 Å². The molecule has 0 spiro atoms. The maximum Gasteiger partial charge on any atom is 0.328 e. The maximum absolute atomic E-state index is 9.55. The number of carbonyl (C=O) groups is 2. The normalized spacial score (nSPS) is 17.8. The van der Waals surface area contributed by atoms with Crippen molar-refractivity contribution < 1.29 is 19.8 Å².